The van der Waals surface area contributed by atoms with Crippen LogP contribution >= 0.6 is 0 Å². The molecule has 306 valence electrons. The molecule has 2 bridgehead atoms. The van der Waals surface area contributed by atoms with E-state index in [4.69, 9.17) is 34.2 Å². The molecule has 0 saturated carbocycles. The summed E-state index contributed by atoms with van der Waals surface area (Å²) in [5, 5.41) is 12.7. The molecule has 12 heteroatoms. The van der Waals surface area contributed by atoms with Crippen molar-refractivity contribution in [3.05, 3.63) is 95.1 Å². The van der Waals surface area contributed by atoms with Crippen molar-refractivity contribution in [3.63, 3.8) is 0 Å². The summed E-state index contributed by atoms with van der Waals surface area (Å²) in [6.45, 7) is 14.8. The van der Waals surface area contributed by atoms with Gasteiger partial charge in [-0.3, -0.25) is 9.59 Å². The third-order valence-electron chi connectivity index (χ3n) is 12.9. The zero-order chi connectivity index (χ0) is 40.9. The number of fused-ring (bicyclic) bond motifs is 2. The van der Waals surface area contributed by atoms with Crippen LogP contribution in [0, 0.1) is 17.8 Å². The van der Waals surface area contributed by atoms with Crippen molar-refractivity contribution in [1.29, 1.82) is 0 Å². The number of carbonyl (C=O) groups is 3. The van der Waals surface area contributed by atoms with Crippen molar-refractivity contribution < 1.29 is 47.9 Å². The molecule has 0 aromatic heterocycles. The van der Waals surface area contributed by atoms with E-state index in [9.17, 15) is 19.5 Å². The Morgan fingerprint density at radius 1 is 1.07 bits per heavy atom. The van der Waals surface area contributed by atoms with Crippen molar-refractivity contribution >= 4 is 17.8 Å². The zero-order valence-corrected chi connectivity index (χ0v) is 33.9. The molecular formula is C45H56N2O10. The van der Waals surface area contributed by atoms with E-state index in [0.29, 0.717) is 42.0 Å². The van der Waals surface area contributed by atoms with E-state index < -0.39 is 52.8 Å². The molecule has 3 heterocycles. The highest BCUT2D eigenvalue weighted by Gasteiger charge is 2.71. The number of aliphatic hydroxyl groups is 1. The second-order valence-corrected chi connectivity index (χ2v) is 16.9. The average Bonchev–Trinajstić information content (AvgIpc) is 3.69. The van der Waals surface area contributed by atoms with Gasteiger partial charge in [-0.15, -0.1) is 0 Å². The highest BCUT2D eigenvalue weighted by atomic mass is 16.9. The molecule has 3 fully saturated rings. The molecule has 9 atom stereocenters. The molecular weight excluding hydrogens is 728 g/mol. The molecule has 5 aliphatic rings. The van der Waals surface area contributed by atoms with Crippen molar-refractivity contribution in [2.75, 3.05) is 26.8 Å². The molecule has 3 N–H and O–H groups in total. The van der Waals surface area contributed by atoms with Gasteiger partial charge in [-0.25, -0.2) is 4.79 Å². The molecule has 0 radical (unpaired) electrons. The number of ether oxygens (including phenoxy) is 6. The van der Waals surface area contributed by atoms with Crippen LogP contribution in [0.2, 0.25) is 0 Å². The predicted octanol–water partition coefficient (Wildman–Crippen LogP) is 5.99. The van der Waals surface area contributed by atoms with E-state index in [0.717, 1.165) is 24.0 Å². The van der Waals surface area contributed by atoms with Crippen LogP contribution in [-0.2, 0) is 41.4 Å². The van der Waals surface area contributed by atoms with Crippen molar-refractivity contribution in [2.24, 2.45) is 23.5 Å². The fourth-order valence-electron chi connectivity index (χ4n) is 9.92. The van der Waals surface area contributed by atoms with Crippen LogP contribution in [0.1, 0.15) is 71.4 Å². The van der Waals surface area contributed by atoms with Gasteiger partial charge in [0, 0.05) is 37.4 Å². The third-order valence-corrected chi connectivity index (χ3v) is 12.9. The Bertz CT molecular complexity index is 1980. The Balaban J connectivity index is 1.16. The Morgan fingerprint density at radius 2 is 1.82 bits per heavy atom. The van der Waals surface area contributed by atoms with E-state index in [1.807, 2.05) is 63.3 Å². The number of carbonyl (C=O) groups excluding carboxylic acids is 3. The Hall–Kier alpha value is -4.33. The summed E-state index contributed by atoms with van der Waals surface area (Å²) in [7, 11) is 1.46. The molecule has 2 aliphatic carbocycles. The molecule has 2 aromatic carbocycles. The van der Waals surface area contributed by atoms with E-state index in [1.54, 1.807) is 30.0 Å². The first-order valence-electron chi connectivity index (χ1n) is 20.0. The van der Waals surface area contributed by atoms with Crippen LogP contribution < -0.4 is 15.2 Å². The lowest BCUT2D eigenvalue weighted by Crippen LogP contribution is -2.68. The van der Waals surface area contributed by atoms with Gasteiger partial charge in [0.25, 0.3) is 5.97 Å². The Kier molecular flexibility index (Phi) is 11.1. The number of ketones is 1. The monoisotopic (exact) mass is 784 g/mol. The molecule has 3 saturated heterocycles. The van der Waals surface area contributed by atoms with Gasteiger partial charge in [-0.1, -0.05) is 62.1 Å². The third kappa shape index (κ3) is 7.35. The molecule has 2 aromatic rings. The average molecular weight is 785 g/mol. The predicted molar refractivity (Wildman–Crippen MR) is 211 cm³/mol. The highest BCUT2D eigenvalue weighted by molar-refractivity contribution is 6.04. The second-order valence-electron chi connectivity index (χ2n) is 16.9. The van der Waals surface area contributed by atoms with E-state index in [1.165, 1.54) is 7.11 Å². The quantitative estimate of drug-likeness (QED) is 0.216. The fourth-order valence-corrected chi connectivity index (χ4v) is 9.92. The maximum Gasteiger partial charge on any atom is 0.415 e. The van der Waals surface area contributed by atoms with Crippen LogP contribution in [0.4, 0.5) is 4.79 Å². The first kappa shape index (κ1) is 40.9. The van der Waals surface area contributed by atoms with Gasteiger partial charge in [0.05, 0.1) is 37.3 Å². The minimum absolute atomic E-state index is 0.0567. The minimum atomic E-state index is -1.87. The first-order valence-corrected chi connectivity index (χ1v) is 20.0. The second kappa shape index (κ2) is 15.4. The van der Waals surface area contributed by atoms with Crippen LogP contribution in [0.25, 0.3) is 0 Å². The minimum Gasteiger partial charge on any atom is -0.493 e. The molecule has 1 spiro atoms. The van der Waals surface area contributed by atoms with Gasteiger partial charge in [0.15, 0.2) is 17.3 Å². The summed E-state index contributed by atoms with van der Waals surface area (Å²) in [6, 6.07) is 14.7. The zero-order valence-electron chi connectivity index (χ0n) is 33.9. The van der Waals surface area contributed by atoms with E-state index in [2.05, 4.69) is 13.5 Å². The van der Waals surface area contributed by atoms with Crippen LogP contribution in [0.5, 0.6) is 11.5 Å². The van der Waals surface area contributed by atoms with Gasteiger partial charge >= 0.3 is 12.1 Å². The number of nitrogens with two attached hydrogens (primary N) is 1. The van der Waals surface area contributed by atoms with Gasteiger partial charge in [0.2, 0.25) is 0 Å². The number of nitrogens with zero attached hydrogens (tertiary/aromatic N) is 1. The number of rotatable bonds is 10. The van der Waals surface area contributed by atoms with E-state index >= 15 is 0 Å². The van der Waals surface area contributed by atoms with Crippen LogP contribution in [-0.4, -0.2) is 89.6 Å². The lowest BCUT2D eigenvalue weighted by Gasteiger charge is -2.57. The molecule has 3 aliphatic heterocycles. The standard InChI is InChI=1S/C45H56N2O10/c1-27(2)42(6)22-29(4)45-35(30(5)55-44(56-42,57-45)24-31-12-9-8-10-13-31)19-33(23-43(51)38(45)18-28(3)40(43)49)26-53-39(48)21-32-15-16-36(37(20-32)52-7)54-41(50)47-17-11-14-34(47)25-46/h8-10,12-13,15-16,18-20,29-30,34-35,38,51H,1,11,14,17,21-26,46H2,2-7H3/t29-,30?,34?,35?,38?,42?,43?,44-,45?/m1/s1. The summed E-state index contributed by atoms with van der Waals surface area (Å²) in [5.41, 5.74) is 5.32. The van der Waals surface area contributed by atoms with Gasteiger partial charge in [0.1, 0.15) is 12.2 Å². The SMILES string of the molecule is C=C(C)C1(C)C[C@@H](C)C23O[C@](Cc4ccccc4)(OC(C)C2C=C(COC(=O)Cc2ccc(OC(=O)N4CCCC4CN)c(OC)c2)CC2(O)C(=O)C(C)=CC23)O1. The normalized spacial score (nSPS) is 34.6. The van der Waals surface area contributed by atoms with Crippen molar-refractivity contribution in [3.8, 4) is 11.5 Å². The number of likely N-dealkylation sites (tertiary alicyclic amines) is 1. The molecule has 7 unspecified atom stereocenters. The highest BCUT2D eigenvalue weighted by Crippen LogP contribution is 2.61. The Morgan fingerprint density at radius 3 is 2.53 bits per heavy atom. The number of esters is 1. The molecule has 7 rings (SSSR count). The van der Waals surface area contributed by atoms with Gasteiger partial charge < -0.3 is 44.2 Å². The van der Waals surface area contributed by atoms with Gasteiger partial charge in [-0.05, 0) is 92.9 Å². The summed E-state index contributed by atoms with van der Waals surface area (Å²) < 4.78 is 38.2. The number of methoxy groups -OCH3 is 1. The number of Topliss-reactive ketones (excluding diaryl/α,β-unsaturated/α-hetero) is 1. The summed E-state index contributed by atoms with van der Waals surface area (Å²) in [5.74, 6) is -3.43. The van der Waals surface area contributed by atoms with Gasteiger partial charge in [-0.2, -0.15) is 0 Å². The lowest BCUT2D eigenvalue weighted by molar-refractivity contribution is -0.473. The summed E-state index contributed by atoms with van der Waals surface area (Å²) >= 11 is 0. The lowest BCUT2D eigenvalue weighted by atomic mass is 9.61. The summed E-state index contributed by atoms with van der Waals surface area (Å²) in [6.07, 6.45) is 5.14. The number of benzene rings is 2. The maximum absolute atomic E-state index is 14.1. The van der Waals surface area contributed by atoms with Crippen molar-refractivity contribution in [1.82, 2.24) is 4.90 Å². The molecule has 57 heavy (non-hydrogen) atoms. The molecule has 12 nitrogen and oxygen atoms in total. The topological polar surface area (TPSA) is 156 Å². The fraction of sp³-hybridized carbons (Fsp3) is 0.533. The van der Waals surface area contributed by atoms with E-state index in [-0.39, 0.29) is 49.4 Å². The number of amides is 1. The maximum atomic E-state index is 14.1. The van der Waals surface area contributed by atoms with Crippen molar-refractivity contribution in [2.45, 2.75) is 108 Å². The largest absolute Gasteiger partial charge is 0.493 e. The summed E-state index contributed by atoms with van der Waals surface area (Å²) in [4.78, 5) is 42.0. The first-order chi connectivity index (χ1) is 27.1. The Labute approximate surface area is 334 Å². The smallest absolute Gasteiger partial charge is 0.415 e. The number of hydrogen-bond donors (Lipinski definition) is 2. The van der Waals surface area contributed by atoms with Crippen LogP contribution in [0.15, 0.2) is 84.0 Å². The van der Waals surface area contributed by atoms with Crippen LogP contribution in [0.3, 0.4) is 0 Å². The number of hydrogen-bond acceptors (Lipinski definition) is 11. The molecule has 1 amide bonds.